The topological polar surface area (TPSA) is 56.3 Å². The molecule has 0 N–H and O–H groups in total. The Kier molecular flexibility index (Phi) is 5.56. The highest BCUT2D eigenvalue weighted by atomic mass is 32.2. The van der Waals surface area contributed by atoms with Crippen LogP contribution in [-0.2, 0) is 22.5 Å². The molecular weight excluding hydrogens is 481 g/mol. The number of alkyl halides is 9. The predicted molar refractivity (Wildman–Crippen MR) is 92.8 cm³/mol. The van der Waals surface area contributed by atoms with Gasteiger partial charge in [-0.2, -0.15) is 47.9 Å². The lowest BCUT2D eigenvalue weighted by Crippen LogP contribution is -2.28. The zero-order chi connectivity index (χ0) is 24.1. The van der Waals surface area contributed by atoms with Gasteiger partial charge in [0.1, 0.15) is 0 Å². The van der Waals surface area contributed by atoms with Crippen molar-refractivity contribution in [1.82, 2.24) is 4.98 Å². The van der Waals surface area contributed by atoms with Crippen molar-refractivity contribution in [2.24, 2.45) is 0 Å². The molecule has 3 rings (SSSR count). The van der Waals surface area contributed by atoms with Crippen LogP contribution in [0.1, 0.15) is 11.1 Å². The van der Waals surface area contributed by atoms with Crippen molar-refractivity contribution in [1.29, 1.82) is 0 Å². The molecule has 0 saturated heterocycles. The molecule has 0 atom stereocenters. The van der Waals surface area contributed by atoms with Gasteiger partial charge in [-0.05, 0) is 35.4 Å². The number of aromatic nitrogens is 1. The third kappa shape index (κ3) is 4.74. The maximum absolute atomic E-state index is 13.2. The Hall–Kier alpha value is -3.03. The molecule has 1 heterocycles. The molecule has 2 aromatic carbocycles. The molecule has 0 amide bonds. The Morgan fingerprint density at radius 2 is 1.28 bits per heavy atom. The summed E-state index contributed by atoms with van der Waals surface area (Å²) in [5.41, 5.74) is -10.6. The molecule has 0 saturated carbocycles. The summed E-state index contributed by atoms with van der Waals surface area (Å²) in [5.74, 6) is -1.19. The molecule has 0 aliphatic heterocycles. The third-order valence-corrected chi connectivity index (χ3v) is 5.03. The number of pyridine rings is 1. The van der Waals surface area contributed by atoms with Gasteiger partial charge in [-0.25, -0.2) is 4.98 Å². The van der Waals surface area contributed by atoms with Crippen molar-refractivity contribution < 1.29 is 52.1 Å². The van der Waals surface area contributed by atoms with Gasteiger partial charge in [-0.1, -0.05) is 18.2 Å². The highest BCUT2D eigenvalue weighted by Gasteiger charge is 2.49. The second-order valence-electron chi connectivity index (χ2n) is 6.30. The lowest BCUT2D eigenvalue weighted by Gasteiger charge is -2.16. The van der Waals surface area contributed by atoms with E-state index in [-0.39, 0.29) is 17.0 Å². The molecule has 0 aliphatic rings. The van der Waals surface area contributed by atoms with Gasteiger partial charge in [-0.15, -0.1) is 0 Å². The van der Waals surface area contributed by atoms with E-state index in [2.05, 4.69) is 9.17 Å². The van der Waals surface area contributed by atoms with E-state index in [0.29, 0.717) is 18.2 Å². The minimum Gasteiger partial charge on any atom is -0.355 e. The highest BCUT2D eigenvalue weighted by Crippen LogP contribution is 2.41. The predicted octanol–water partition coefficient (Wildman–Crippen LogP) is 6.17. The van der Waals surface area contributed by atoms with Crippen LogP contribution in [0.15, 0.2) is 48.5 Å². The summed E-state index contributed by atoms with van der Waals surface area (Å²) in [7, 11) is -6.20. The summed E-state index contributed by atoms with van der Waals surface area (Å²) in [6.45, 7) is 0. The first-order valence-corrected chi connectivity index (χ1v) is 9.60. The smallest absolute Gasteiger partial charge is 0.355 e. The van der Waals surface area contributed by atoms with Crippen LogP contribution in [-0.4, -0.2) is 18.9 Å². The van der Waals surface area contributed by atoms with Crippen LogP contribution in [0.5, 0.6) is 5.88 Å². The monoisotopic (exact) mass is 489 g/mol. The molecule has 0 bridgehead atoms. The number of hydrogen-bond donors (Lipinski definition) is 0. The highest BCUT2D eigenvalue weighted by molar-refractivity contribution is 7.87. The van der Waals surface area contributed by atoms with E-state index in [4.69, 9.17) is 0 Å². The van der Waals surface area contributed by atoms with Gasteiger partial charge in [0, 0.05) is 11.5 Å². The van der Waals surface area contributed by atoms with Gasteiger partial charge < -0.3 is 4.18 Å². The second kappa shape index (κ2) is 7.53. The summed E-state index contributed by atoms with van der Waals surface area (Å²) >= 11 is 0. The normalized spacial score (nSPS) is 13.4. The van der Waals surface area contributed by atoms with E-state index in [1.54, 1.807) is 0 Å². The van der Waals surface area contributed by atoms with Crippen molar-refractivity contribution in [2.75, 3.05) is 0 Å². The van der Waals surface area contributed by atoms with Crippen LogP contribution in [0.3, 0.4) is 0 Å². The van der Waals surface area contributed by atoms with Crippen molar-refractivity contribution in [3.05, 3.63) is 59.7 Å². The molecule has 14 heteroatoms. The SMILES string of the molecule is O=S(=O)(Oc1cc(-c2cc(C(F)(F)F)cc(C(F)(F)F)c2)c2ccccc2n1)C(F)(F)F. The molecule has 3 aromatic rings. The third-order valence-electron chi connectivity index (χ3n) is 4.07. The molecule has 0 unspecified atom stereocenters. The van der Waals surface area contributed by atoms with E-state index in [9.17, 15) is 47.9 Å². The summed E-state index contributed by atoms with van der Waals surface area (Å²) in [4.78, 5) is 3.56. The molecule has 0 aliphatic carbocycles. The van der Waals surface area contributed by atoms with Gasteiger partial charge in [-0.3, -0.25) is 0 Å². The van der Waals surface area contributed by atoms with E-state index in [1.165, 1.54) is 18.2 Å². The number of fused-ring (bicyclic) bond motifs is 1. The van der Waals surface area contributed by atoms with Crippen molar-refractivity contribution >= 4 is 21.0 Å². The number of para-hydroxylation sites is 1. The number of hydrogen-bond acceptors (Lipinski definition) is 4. The van der Waals surface area contributed by atoms with E-state index in [1.807, 2.05) is 0 Å². The quantitative estimate of drug-likeness (QED) is 0.251. The van der Waals surface area contributed by atoms with Gasteiger partial charge in [0.2, 0.25) is 5.88 Å². The Bertz CT molecular complexity index is 1250. The fourth-order valence-corrected chi connectivity index (χ4v) is 3.11. The molecule has 1 aromatic heterocycles. The molecule has 0 fully saturated rings. The fourth-order valence-electron chi connectivity index (χ4n) is 2.70. The Morgan fingerprint density at radius 1 is 0.750 bits per heavy atom. The van der Waals surface area contributed by atoms with E-state index in [0.717, 1.165) is 6.07 Å². The fraction of sp³-hybridized carbons (Fsp3) is 0.167. The largest absolute Gasteiger partial charge is 0.534 e. The number of rotatable bonds is 3. The zero-order valence-corrected chi connectivity index (χ0v) is 15.9. The van der Waals surface area contributed by atoms with Gasteiger partial charge in [0.05, 0.1) is 16.6 Å². The number of nitrogens with zero attached hydrogens (tertiary/aromatic N) is 1. The number of halogens is 9. The van der Waals surface area contributed by atoms with Gasteiger partial charge >= 0.3 is 28.0 Å². The van der Waals surface area contributed by atoms with Crippen LogP contribution >= 0.6 is 0 Å². The minimum absolute atomic E-state index is 0.0586. The summed E-state index contributed by atoms with van der Waals surface area (Å²) in [5, 5.41) is -0.0586. The maximum Gasteiger partial charge on any atom is 0.534 e. The molecule has 32 heavy (non-hydrogen) atoms. The zero-order valence-electron chi connectivity index (χ0n) is 15.1. The van der Waals surface area contributed by atoms with Gasteiger partial charge in [0.25, 0.3) is 0 Å². The molecule has 4 nitrogen and oxygen atoms in total. The molecular formula is C18H8F9NO3S. The summed E-state index contributed by atoms with van der Waals surface area (Å²) in [6, 6.07) is 6.13. The van der Waals surface area contributed by atoms with Crippen LogP contribution in [0.4, 0.5) is 39.5 Å². The Balaban J connectivity index is 2.31. The van der Waals surface area contributed by atoms with Crippen LogP contribution < -0.4 is 4.18 Å². The Morgan fingerprint density at radius 3 is 1.78 bits per heavy atom. The summed E-state index contributed by atoms with van der Waals surface area (Å²) in [6.07, 6.45) is -10.4. The van der Waals surface area contributed by atoms with Crippen LogP contribution in [0, 0.1) is 0 Å². The standard InChI is InChI=1S/C18H8F9NO3S/c19-16(20,21)10-5-9(6-11(7-10)17(22,23)24)13-8-15(31-32(29,30)18(25,26)27)28-14-4-2-1-3-12(13)14/h1-8H. The van der Waals surface area contributed by atoms with Gasteiger partial charge in [0.15, 0.2) is 0 Å². The number of benzene rings is 2. The summed E-state index contributed by atoms with van der Waals surface area (Å²) < 4.78 is 144. The first-order valence-electron chi connectivity index (χ1n) is 8.19. The lowest BCUT2D eigenvalue weighted by molar-refractivity contribution is -0.143. The van der Waals surface area contributed by atoms with Crippen molar-refractivity contribution in [2.45, 2.75) is 17.9 Å². The van der Waals surface area contributed by atoms with Crippen molar-refractivity contribution in [3.63, 3.8) is 0 Å². The molecule has 172 valence electrons. The first-order chi connectivity index (χ1) is 14.5. The van der Waals surface area contributed by atoms with Crippen LogP contribution in [0.25, 0.3) is 22.0 Å². The van der Waals surface area contributed by atoms with Crippen molar-refractivity contribution in [3.8, 4) is 17.0 Å². The minimum atomic E-state index is -6.20. The second-order valence-corrected chi connectivity index (χ2v) is 7.84. The molecule has 0 radical (unpaired) electrons. The lowest BCUT2D eigenvalue weighted by atomic mass is 9.96. The van der Waals surface area contributed by atoms with E-state index >= 15 is 0 Å². The first kappa shape index (κ1) is 23.6. The Labute approximate surface area is 173 Å². The molecule has 0 spiro atoms. The maximum atomic E-state index is 13.2. The average Bonchev–Trinajstić information content (AvgIpc) is 2.64. The van der Waals surface area contributed by atoms with E-state index < -0.39 is 56.1 Å². The van der Waals surface area contributed by atoms with Crippen LogP contribution in [0.2, 0.25) is 0 Å². The average molecular weight is 489 g/mol.